The fourth-order valence-electron chi connectivity index (χ4n) is 2.38. The minimum atomic E-state index is -3.73. The fraction of sp³-hybridized carbons (Fsp3) is 0.0556. The zero-order chi connectivity index (χ0) is 17.2. The largest absolute Gasteiger partial charge is 0.325 e. The molecule has 0 atom stereocenters. The number of hydrogen-bond acceptors (Lipinski definition) is 3. The summed E-state index contributed by atoms with van der Waals surface area (Å²) in [7, 11) is -3.73. The first-order chi connectivity index (χ1) is 11.4. The highest BCUT2D eigenvalue weighted by atomic mass is 35.5. The molecule has 3 aromatic carbocycles. The molecule has 0 radical (unpaired) electrons. The molecule has 0 saturated heterocycles. The molecule has 0 aromatic heterocycles. The van der Waals surface area contributed by atoms with Crippen molar-refractivity contribution in [3.05, 3.63) is 71.8 Å². The van der Waals surface area contributed by atoms with Crippen molar-refractivity contribution in [3.8, 4) is 0 Å². The number of carbonyl (C=O) groups is 1. The van der Waals surface area contributed by atoms with Crippen LogP contribution in [0, 0.1) is 0 Å². The van der Waals surface area contributed by atoms with Gasteiger partial charge in [0.2, 0.25) is 5.91 Å². The van der Waals surface area contributed by atoms with Gasteiger partial charge in [-0.2, -0.15) is 0 Å². The molecule has 0 saturated carbocycles. The van der Waals surface area contributed by atoms with E-state index in [2.05, 4.69) is 5.32 Å². The number of amides is 1. The number of anilines is 1. The molecular weight excluding hydrogens is 346 g/mol. The molecule has 1 N–H and O–H groups in total. The van der Waals surface area contributed by atoms with Gasteiger partial charge in [-0.3, -0.25) is 4.79 Å². The number of hydrogen-bond donors (Lipinski definition) is 1. The second-order valence-electron chi connectivity index (χ2n) is 5.33. The lowest BCUT2D eigenvalue weighted by Crippen LogP contribution is -2.23. The summed E-state index contributed by atoms with van der Waals surface area (Å²) in [5.74, 6) is -1.23. The molecule has 122 valence electrons. The van der Waals surface area contributed by atoms with E-state index in [1.807, 2.05) is 24.3 Å². The van der Waals surface area contributed by atoms with Crippen molar-refractivity contribution in [2.75, 3.05) is 11.1 Å². The third-order valence-electron chi connectivity index (χ3n) is 3.51. The van der Waals surface area contributed by atoms with E-state index in [0.29, 0.717) is 10.7 Å². The predicted octanol–water partition coefficient (Wildman–Crippen LogP) is 3.91. The lowest BCUT2D eigenvalue weighted by molar-refractivity contribution is -0.113. The maximum atomic E-state index is 12.5. The van der Waals surface area contributed by atoms with Gasteiger partial charge in [-0.15, -0.1) is 0 Å². The Bertz CT molecular complexity index is 1020. The lowest BCUT2D eigenvalue weighted by Gasteiger charge is -2.08. The van der Waals surface area contributed by atoms with Crippen molar-refractivity contribution in [2.24, 2.45) is 0 Å². The van der Waals surface area contributed by atoms with Gasteiger partial charge in [-0.1, -0.05) is 48.0 Å². The summed E-state index contributed by atoms with van der Waals surface area (Å²) in [4.78, 5) is 12.2. The van der Waals surface area contributed by atoms with Gasteiger partial charge in [0, 0.05) is 10.7 Å². The smallest absolute Gasteiger partial charge is 0.239 e. The number of fused-ring (bicyclic) bond motifs is 1. The molecule has 0 bridgehead atoms. The average molecular weight is 360 g/mol. The fourth-order valence-corrected chi connectivity index (χ4v) is 3.74. The minimum absolute atomic E-state index is 0.127. The summed E-state index contributed by atoms with van der Waals surface area (Å²) in [6.45, 7) is 0. The first-order valence-electron chi connectivity index (χ1n) is 7.21. The molecule has 6 heteroatoms. The van der Waals surface area contributed by atoms with Crippen LogP contribution < -0.4 is 5.32 Å². The SMILES string of the molecule is O=C(CS(=O)(=O)c1ccc2ccccc2c1)Nc1cccc(Cl)c1. The number of rotatable bonds is 4. The van der Waals surface area contributed by atoms with E-state index in [1.165, 1.54) is 6.07 Å². The van der Waals surface area contributed by atoms with Crippen molar-refractivity contribution in [1.82, 2.24) is 0 Å². The summed E-state index contributed by atoms with van der Waals surface area (Å²) in [5, 5.41) is 4.76. The van der Waals surface area contributed by atoms with Gasteiger partial charge < -0.3 is 5.32 Å². The van der Waals surface area contributed by atoms with E-state index in [9.17, 15) is 13.2 Å². The Morgan fingerprint density at radius 2 is 1.67 bits per heavy atom. The van der Waals surface area contributed by atoms with Gasteiger partial charge in [0.15, 0.2) is 9.84 Å². The Morgan fingerprint density at radius 1 is 0.917 bits per heavy atom. The Kier molecular flexibility index (Phi) is 4.55. The van der Waals surface area contributed by atoms with E-state index < -0.39 is 21.5 Å². The number of carbonyl (C=O) groups excluding carboxylic acids is 1. The van der Waals surface area contributed by atoms with Crippen LogP contribution in [-0.2, 0) is 14.6 Å². The highest BCUT2D eigenvalue weighted by Gasteiger charge is 2.19. The molecule has 0 heterocycles. The molecule has 0 aliphatic heterocycles. The van der Waals surface area contributed by atoms with Crippen LogP contribution in [0.4, 0.5) is 5.69 Å². The average Bonchev–Trinajstić information content (AvgIpc) is 2.53. The van der Waals surface area contributed by atoms with E-state index >= 15 is 0 Å². The van der Waals surface area contributed by atoms with Crippen LogP contribution in [0.1, 0.15) is 0 Å². The van der Waals surface area contributed by atoms with Crippen LogP contribution in [0.15, 0.2) is 71.6 Å². The third kappa shape index (κ3) is 3.75. The Labute approximate surface area is 145 Å². The zero-order valence-corrected chi connectivity index (χ0v) is 14.1. The van der Waals surface area contributed by atoms with E-state index in [-0.39, 0.29) is 4.90 Å². The van der Waals surface area contributed by atoms with Crippen molar-refractivity contribution < 1.29 is 13.2 Å². The molecule has 0 fully saturated rings. The van der Waals surface area contributed by atoms with Crippen molar-refractivity contribution in [3.63, 3.8) is 0 Å². The molecule has 1 amide bonds. The summed E-state index contributed by atoms with van der Waals surface area (Å²) in [6.07, 6.45) is 0. The number of halogens is 1. The summed E-state index contributed by atoms with van der Waals surface area (Å²) in [6, 6.07) is 18.8. The van der Waals surface area contributed by atoms with Crippen LogP contribution in [-0.4, -0.2) is 20.1 Å². The van der Waals surface area contributed by atoms with Crippen LogP contribution in [0.5, 0.6) is 0 Å². The van der Waals surface area contributed by atoms with E-state index in [1.54, 1.807) is 36.4 Å². The van der Waals surface area contributed by atoms with Gasteiger partial charge in [0.25, 0.3) is 0 Å². The molecule has 0 aliphatic rings. The van der Waals surface area contributed by atoms with Crippen molar-refractivity contribution in [1.29, 1.82) is 0 Å². The minimum Gasteiger partial charge on any atom is -0.325 e. The third-order valence-corrected chi connectivity index (χ3v) is 5.36. The predicted molar refractivity (Wildman–Crippen MR) is 96.1 cm³/mol. The molecule has 3 aromatic rings. The molecule has 3 rings (SSSR count). The molecule has 24 heavy (non-hydrogen) atoms. The van der Waals surface area contributed by atoms with Crippen LogP contribution >= 0.6 is 11.6 Å². The van der Waals surface area contributed by atoms with Gasteiger partial charge in [-0.05, 0) is 41.1 Å². The van der Waals surface area contributed by atoms with Crippen LogP contribution in [0.2, 0.25) is 5.02 Å². The van der Waals surface area contributed by atoms with Gasteiger partial charge >= 0.3 is 0 Å². The highest BCUT2D eigenvalue weighted by Crippen LogP contribution is 2.20. The summed E-state index contributed by atoms with van der Waals surface area (Å²) < 4.78 is 24.9. The summed E-state index contributed by atoms with van der Waals surface area (Å²) >= 11 is 5.84. The monoisotopic (exact) mass is 359 g/mol. The van der Waals surface area contributed by atoms with Crippen LogP contribution in [0.25, 0.3) is 10.8 Å². The molecule has 0 aliphatic carbocycles. The first-order valence-corrected chi connectivity index (χ1v) is 9.24. The lowest BCUT2D eigenvalue weighted by atomic mass is 10.1. The van der Waals surface area contributed by atoms with Gasteiger partial charge in [-0.25, -0.2) is 8.42 Å². The van der Waals surface area contributed by atoms with Crippen LogP contribution in [0.3, 0.4) is 0 Å². The van der Waals surface area contributed by atoms with Crippen molar-refractivity contribution >= 4 is 43.8 Å². The molecular formula is C18H14ClNO3S. The summed E-state index contributed by atoms with van der Waals surface area (Å²) in [5.41, 5.74) is 0.459. The van der Waals surface area contributed by atoms with Gasteiger partial charge in [0.05, 0.1) is 4.90 Å². The Morgan fingerprint density at radius 3 is 2.42 bits per heavy atom. The number of nitrogens with one attached hydrogen (secondary N) is 1. The maximum Gasteiger partial charge on any atom is 0.239 e. The highest BCUT2D eigenvalue weighted by molar-refractivity contribution is 7.92. The normalized spacial score (nSPS) is 11.4. The standard InChI is InChI=1S/C18H14ClNO3S/c19-15-6-3-7-16(11-15)20-18(21)12-24(22,23)17-9-8-13-4-1-2-5-14(13)10-17/h1-11H,12H2,(H,20,21). The quantitative estimate of drug-likeness (QED) is 0.768. The van der Waals surface area contributed by atoms with Gasteiger partial charge in [0.1, 0.15) is 5.75 Å². The van der Waals surface area contributed by atoms with Crippen molar-refractivity contribution in [2.45, 2.75) is 4.90 Å². The maximum absolute atomic E-state index is 12.5. The molecule has 0 spiro atoms. The zero-order valence-electron chi connectivity index (χ0n) is 12.6. The molecule has 0 unspecified atom stereocenters. The first kappa shape index (κ1) is 16.5. The number of sulfone groups is 1. The second kappa shape index (κ2) is 6.63. The van der Waals surface area contributed by atoms with E-state index in [4.69, 9.17) is 11.6 Å². The Hall–Kier alpha value is -2.37. The topological polar surface area (TPSA) is 63.2 Å². The Balaban J connectivity index is 1.80. The second-order valence-corrected chi connectivity index (χ2v) is 7.75. The molecule has 4 nitrogen and oxygen atoms in total. The van der Waals surface area contributed by atoms with E-state index in [0.717, 1.165) is 10.8 Å². The number of benzene rings is 3.